The van der Waals surface area contributed by atoms with Crippen molar-refractivity contribution in [3.8, 4) is 0 Å². The largest absolute Gasteiger partial charge is 0.377 e. The molecule has 7 nitrogen and oxygen atoms in total. The summed E-state index contributed by atoms with van der Waals surface area (Å²) < 4.78 is 11.1. The first-order valence-electron chi connectivity index (χ1n) is 8.23. The van der Waals surface area contributed by atoms with Crippen LogP contribution in [0.15, 0.2) is 4.99 Å². The second-order valence-electron chi connectivity index (χ2n) is 6.64. The summed E-state index contributed by atoms with van der Waals surface area (Å²) >= 11 is 0. The second-order valence-corrected chi connectivity index (χ2v) is 6.64. The molecule has 0 saturated carbocycles. The van der Waals surface area contributed by atoms with Gasteiger partial charge < -0.3 is 25.0 Å². The Labute approximate surface area is 139 Å². The molecule has 134 valence electrons. The van der Waals surface area contributed by atoms with Gasteiger partial charge in [-0.2, -0.15) is 0 Å². The normalized spacial score (nSPS) is 19.3. The minimum atomic E-state index is -0.310. The van der Waals surface area contributed by atoms with Gasteiger partial charge in [-0.1, -0.05) is 0 Å². The fourth-order valence-corrected chi connectivity index (χ4v) is 2.01. The molecule has 2 N–H and O–H groups in total. The van der Waals surface area contributed by atoms with Crippen molar-refractivity contribution in [3.05, 3.63) is 0 Å². The van der Waals surface area contributed by atoms with Gasteiger partial charge in [0, 0.05) is 40.9 Å². The van der Waals surface area contributed by atoms with Crippen LogP contribution in [-0.4, -0.2) is 75.9 Å². The van der Waals surface area contributed by atoms with Crippen molar-refractivity contribution < 1.29 is 14.3 Å². The highest BCUT2D eigenvalue weighted by Crippen LogP contribution is 2.11. The van der Waals surface area contributed by atoms with Gasteiger partial charge in [-0.15, -0.1) is 0 Å². The molecule has 0 radical (unpaired) electrons. The number of aliphatic imine (C=N–C) groups is 1. The van der Waals surface area contributed by atoms with Crippen LogP contribution in [-0.2, 0) is 14.3 Å². The molecule has 0 aromatic rings. The summed E-state index contributed by atoms with van der Waals surface area (Å²) in [5, 5.41) is 6.50. The lowest BCUT2D eigenvalue weighted by Crippen LogP contribution is -2.48. The predicted octanol–water partition coefficient (Wildman–Crippen LogP) is 0.604. The zero-order chi connectivity index (χ0) is 17.3. The maximum absolute atomic E-state index is 11.7. The number of amides is 1. The molecule has 1 aliphatic rings. The summed E-state index contributed by atoms with van der Waals surface area (Å²) in [6.07, 6.45) is 3.59. The molecule has 0 aromatic carbocycles. The number of carbonyl (C=O) groups is 1. The van der Waals surface area contributed by atoms with Crippen LogP contribution in [0.4, 0.5) is 0 Å². The van der Waals surface area contributed by atoms with E-state index >= 15 is 0 Å². The molecule has 0 aliphatic carbocycles. The Hall–Kier alpha value is -1.34. The molecule has 1 unspecified atom stereocenters. The maximum Gasteiger partial charge on any atom is 0.243 e. The van der Waals surface area contributed by atoms with Crippen LogP contribution in [0.2, 0.25) is 0 Å². The van der Waals surface area contributed by atoms with Crippen molar-refractivity contribution in [3.63, 3.8) is 0 Å². The number of carbonyl (C=O) groups excluding carboxylic acids is 1. The first-order chi connectivity index (χ1) is 10.8. The molecule has 0 aromatic heterocycles. The van der Waals surface area contributed by atoms with Gasteiger partial charge in [-0.05, 0) is 33.1 Å². The molecule has 0 bridgehead atoms. The molecule has 7 heteroatoms. The molecule has 1 amide bonds. The number of guanidine groups is 1. The van der Waals surface area contributed by atoms with Crippen LogP contribution in [0, 0.1) is 0 Å². The van der Waals surface area contributed by atoms with Gasteiger partial charge in [-0.3, -0.25) is 4.79 Å². The van der Waals surface area contributed by atoms with E-state index in [1.54, 1.807) is 21.2 Å². The SMILES string of the molecule is COC(C)(C)CNC(=NCC(=O)N(C)C)NCC1CCCCO1. The van der Waals surface area contributed by atoms with E-state index < -0.39 is 0 Å². The van der Waals surface area contributed by atoms with Gasteiger partial charge in [0.1, 0.15) is 6.54 Å². The molecule has 23 heavy (non-hydrogen) atoms. The molecule has 0 spiro atoms. The van der Waals surface area contributed by atoms with Crippen LogP contribution in [0.5, 0.6) is 0 Å². The van der Waals surface area contributed by atoms with Gasteiger partial charge in [0.15, 0.2) is 5.96 Å². The number of rotatable bonds is 7. The fourth-order valence-electron chi connectivity index (χ4n) is 2.01. The van der Waals surface area contributed by atoms with Crippen LogP contribution in [0.25, 0.3) is 0 Å². The standard InChI is InChI=1S/C16H32N4O3/c1-16(2,22-5)12-19-15(18-11-14(21)20(3)4)17-10-13-8-6-7-9-23-13/h13H,6-12H2,1-5H3,(H2,17,18,19). The highest BCUT2D eigenvalue weighted by Gasteiger charge is 2.18. The van der Waals surface area contributed by atoms with Gasteiger partial charge in [-0.25, -0.2) is 4.99 Å². The molecule has 1 fully saturated rings. The van der Waals surface area contributed by atoms with E-state index in [9.17, 15) is 4.79 Å². The molecule has 1 atom stereocenters. The van der Waals surface area contributed by atoms with Crippen LogP contribution in [0.3, 0.4) is 0 Å². The van der Waals surface area contributed by atoms with Crippen molar-refractivity contribution in [1.82, 2.24) is 15.5 Å². The van der Waals surface area contributed by atoms with Gasteiger partial charge in [0.05, 0.1) is 11.7 Å². The lowest BCUT2D eigenvalue weighted by molar-refractivity contribution is -0.127. The molecule has 1 aliphatic heterocycles. The number of hydrogen-bond acceptors (Lipinski definition) is 4. The quantitative estimate of drug-likeness (QED) is 0.529. The first-order valence-corrected chi connectivity index (χ1v) is 8.23. The number of nitrogens with one attached hydrogen (secondary N) is 2. The third kappa shape index (κ3) is 8.18. The van der Waals surface area contributed by atoms with Crippen molar-refractivity contribution in [1.29, 1.82) is 0 Å². The maximum atomic E-state index is 11.7. The van der Waals surface area contributed by atoms with E-state index in [0.29, 0.717) is 19.0 Å². The third-order valence-corrected chi connectivity index (χ3v) is 3.88. The summed E-state index contributed by atoms with van der Waals surface area (Å²) in [6, 6.07) is 0. The minimum absolute atomic E-state index is 0.0361. The Bertz CT molecular complexity index is 391. The number of likely N-dealkylation sites (N-methyl/N-ethyl adjacent to an activating group) is 1. The fraction of sp³-hybridized carbons (Fsp3) is 0.875. The molecule has 1 rings (SSSR count). The van der Waals surface area contributed by atoms with E-state index in [-0.39, 0.29) is 24.2 Å². The van der Waals surface area contributed by atoms with Crippen molar-refractivity contribution in [2.45, 2.75) is 44.8 Å². The van der Waals surface area contributed by atoms with E-state index in [4.69, 9.17) is 9.47 Å². The Balaban J connectivity index is 2.55. The van der Waals surface area contributed by atoms with Crippen LogP contribution < -0.4 is 10.6 Å². The molecular weight excluding hydrogens is 296 g/mol. The van der Waals surface area contributed by atoms with Gasteiger partial charge in [0.2, 0.25) is 5.91 Å². The summed E-state index contributed by atoms with van der Waals surface area (Å²) in [6.45, 7) is 6.20. The lowest BCUT2D eigenvalue weighted by atomic mass is 10.1. The summed E-state index contributed by atoms with van der Waals surface area (Å²) in [5.41, 5.74) is -0.310. The van der Waals surface area contributed by atoms with Gasteiger partial charge in [0.25, 0.3) is 0 Å². The van der Waals surface area contributed by atoms with Gasteiger partial charge >= 0.3 is 0 Å². The van der Waals surface area contributed by atoms with E-state index in [2.05, 4.69) is 15.6 Å². The third-order valence-electron chi connectivity index (χ3n) is 3.88. The molecule has 1 saturated heterocycles. The highest BCUT2D eigenvalue weighted by molar-refractivity contribution is 5.84. The molecule has 1 heterocycles. The average Bonchev–Trinajstić information content (AvgIpc) is 2.54. The number of methoxy groups -OCH3 is 1. The second kappa shape index (κ2) is 9.72. The first kappa shape index (κ1) is 19.7. The summed E-state index contributed by atoms with van der Waals surface area (Å²) in [5.74, 6) is 0.575. The zero-order valence-electron chi connectivity index (χ0n) is 15.1. The van der Waals surface area contributed by atoms with Crippen molar-refractivity contribution >= 4 is 11.9 Å². The van der Waals surface area contributed by atoms with Crippen molar-refractivity contribution in [2.75, 3.05) is 47.4 Å². The zero-order valence-corrected chi connectivity index (χ0v) is 15.1. The Morgan fingerprint density at radius 3 is 2.65 bits per heavy atom. The predicted molar refractivity (Wildman–Crippen MR) is 91.7 cm³/mol. The number of ether oxygens (including phenoxy) is 2. The topological polar surface area (TPSA) is 75.2 Å². The molecular formula is C16H32N4O3. The minimum Gasteiger partial charge on any atom is -0.377 e. The van der Waals surface area contributed by atoms with Crippen LogP contribution in [0.1, 0.15) is 33.1 Å². The van der Waals surface area contributed by atoms with E-state index in [1.807, 2.05) is 13.8 Å². The Morgan fingerprint density at radius 2 is 2.09 bits per heavy atom. The summed E-state index contributed by atoms with van der Waals surface area (Å²) in [7, 11) is 5.13. The monoisotopic (exact) mass is 328 g/mol. The van der Waals surface area contributed by atoms with Crippen LogP contribution >= 0.6 is 0 Å². The Kier molecular flexibility index (Phi) is 8.33. The van der Waals surface area contributed by atoms with Crippen molar-refractivity contribution in [2.24, 2.45) is 4.99 Å². The number of hydrogen-bond donors (Lipinski definition) is 2. The van der Waals surface area contributed by atoms with E-state index in [0.717, 1.165) is 19.4 Å². The van der Waals surface area contributed by atoms with E-state index in [1.165, 1.54) is 11.3 Å². The average molecular weight is 328 g/mol. The summed E-state index contributed by atoms with van der Waals surface area (Å²) in [4.78, 5) is 17.6. The highest BCUT2D eigenvalue weighted by atomic mass is 16.5. The Morgan fingerprint density at radius 1 is 1.35 bits per heavy atom. The lowest BCUT2D eigenvalue weighted by Gasteiger charge is -2.26. The smallest absolute Gasteiger partial charge is 0.243 e. The number of nitrogens with zero attached hydrogens (tertiary/aromatic N) is 2.